The van der Waals surface area contributed by atoms with Crippen LogP contribution in [0, 0.1) is 10.1 Å². The van der Waals surface area contributed by atoms with Gasteiger partial charge in [0.15, 0.2) is 24.8 Å². The molecule has 3 aromatic carbocycles. The molecule has 63 heavy (non-hydrogen) atoms. The quantitative estimate of drug-likeness (QED) is 0.0851. The lowest BCUT2D eigenvalue weighted by molar-refractivity contribution is -0.384. The van der Waals surface area contributed by atoms with Crippen molar-refractivity contribution in [2.45, 2.75) is 95.3 Å². The number of nitrogens with zero attached hydrogens (tertiary/aromatic N) is 2. The molecule has 11 unspecified atom stereocenters. The van der Waals surface area contributed by atoms with Crippen molar-refractivity contribution in [1.82, 2.24) is 10.2 Å². The van der Waals surface area contributed by atoms with Gasteiger partial charge in [0.25, 0.3) is 17.5 Å². The van der Waals surface area contributed by atoms with Gasteiger partial charge in [0.2, 0.25) is 12.2 Å². The molecular weight excluding hydrogens is 834 g/mol. The standard InChI is InChI=1S/C42H43N3O18/c1-20(46)43-32-36(34-31(19-56-40(62-34)24-10-14-26(54-5)15-11-24)60-41(32)59-27-16-12-25(13-17-27)45(52)53)63-42-33(44-38(50)28-8-6-7-9-29(28)39(44)51)37(58-23(4)49)35(57-22(3)48)30(61-42)18-55-21(2)47/h6-17,30-37,40-42H,18-19H2,1-5H3,(H,43,46). The number of benzene rings is 3. The smallest absolute Gasteiger partial charge is 0.303 e. The number of carbonyl (C=O) groups excluding carboxylic acids is 6. The van der Waals surface area contributed by atoms with Crippen molar-refractivity contribution in [3.63, 3.8) is 0 Å². The molecule has 0 radical (unpaired) electrons. The molecule has 7 rings (SSSR count). The van der Waals surface area contributed by atoms with Gasteiger partial charge < -0.3 is 52.7 Å². The zero-order valence-electron chi connectivity index (χ0n) is 34.4. The van der Waals surface area contributed by atoms with E-state index in [1.54, 1.807) is 36.4 Å². The molecule has 0 bridgehead atoms. The number of nitro benzene ring substituents is 1. The summed E-state index contributed by atoms with van der Waals surface area (Å²) in [6, 6.07) is 14.7. The Morgan fingerprint density at radius 3 is 1.97 bits per heavy atom. The van der Waals surface area contributed by atoms with Crippen LogP contribution in [0.2, 0.25) is 0 Å². The minimum absolute atomic E-state index is 0.00260. The number of non-ortho nitro benzene ring substituents is 1. The molecule has 21 heteroatoms. The van der Waals surface area contributed by atoms with Crippen molar-refractivity contribution >= 4 is 41.3 Å². The van der Waals surface area contributed by atoms with Gasteiger partial charge in [-0.25, -0.2) is 0 Å². The van der Waals surface area contributed by atoms with Crippen molar-refractivity contribution in [1.29, 1.82) is 0 Å². The van der Waals surface area contributed by atoms with Crippen molar-refractivity contribution in [3.8, 4) is 11.5 Å². The van der Waals surface area contributed by atoms with Crippen LogP contribution in [0.25, 0.3) is 0 Å². The topological polar surface area (TPSA) is 253 Å². The van der Waals surface area contributed by atoms with Gasteiger partial charge in [-0.05, 0) is 36.4 Å². The highest BCUT2D eigenvalue weighted by atomic mass is 16.8. The lowest BCUT2D eigenvalue weighted by Crippen LogP contribution is -2.72. The third-order valence-electron chi connectivity index (χ3n) is 10.5. The molecule has 4 aliphatic heterocycles. The summed E-state index contributed by atoms with van der Waals surface area (Å²) in [4.78, 5) is 91.0. The van der Waals surface area contributed by atoms with E-state index in [2.05, 4.69) is 5.32 Å². The summed E-state index contributed by atoms with van der Waals surface area (Å²) in [5.41, 5.74) is 0.328. The van der Waals surface area contributed by atoms with Crippen LogP contribution in [-0.4, -0.2) is 127 Å². The Morgan fingerprint density at radius 2 is 1.40 bits per heavy atom. The van der Waals surface area contributed by atoms with E-state index in [4.69, 9.17) is 47.4 Å². The Bertz CT molecular complexity index is 2200. The summed E-state index contributed by atoms with van der Waals surface area (Å²) in [6.45, 7) is 3.72. The van der Waals surface area contributed by atoms with Crippen molar-refractivity contribution in [2.75, 3.05) is 20.3 Å². The Labute approximate surface area is 358 Å². The molecule has 0 aromatic heterocycles. The van der Waals surface area contributed by atoms with Crippen molar-refractivity contribution in [3.05, 3.63) is 99.6 Å². The minimum atomic E-state index is -1.84. The van der Waals surface area contributed by atoms with Crippen molar-refractivity contribution in [2.24, 2.45) is 0 Å². The predicted octanol–water partition coefficient (Wildman–Crippen LogP) is 2.53. The predicted molar refractivity (Wildman–Crippen MR) is 209 cm³/mol. The molecule has 3 saturated heterocycles. The summed E-state index contributed by atoms with van der Waals surface area (Å²) in [5, 5.41) is 14.2. The summed E-state index contributed by atoms with van der Waals surface area (Å²) >= 11 is 0. The second-order valence-corrected chi connectivity index (χ2v) is 14.8. The summed E-state index contributed by atoms with van der Waals surface area (Å²) in [6.07, 6.45) is -12.7. The summed E-state index contributed by atoms with van der Waals surface area (Å²) in [7, 11) is 1.51. The summed E-state index contributed by atoms with van der Waals surface area (Å²) < 4.78 is 60.7. The van der Waals surface area contributed by atoms with E-state index in [-0.39, 0.29) is 29.2 Å². The number of nitro groups is 1. The van der Waals surface area contributed by atoms with E-state index in [0.717, 1.165) is 25.7 Å². The fourth-order valence-electron chi connectivity index (χ4n) is 7.84. The molecule has 3 fully saturated rings. The molecule has 0 aliphatic carbocycles. The van der Waals surface area contributed by atoms with Gasteiger partial charge in [0.1, 0.15) is 54.6 Å². The zero-order chi connectivity index (χ0) is 45.1. The summed E-state index contributed by atoms with van der Waals surface area (Å²) in [5.74, 6) is -4.18. The highest BCUT2D eigenvalue weighted by Gasteiger charge is 2.60. The molecule has 4 heterocycles. The first-order valence-electron chi connectivity index (χ1n) is 19.6. The van der Waals surface area contributed by atoms with Crippen LogP contribution in [0.3, 0.4) is 0 Å². The Morgan fingerprint density at radius 1 is 0.778 bits per heavy atom. The Balaban J connectivity index is 1.35. The van der Waals surface area contributed by atoms with Crippen LogP contribution < -0.4 is 14.8 Å². The van der Waals surface area contributed by atoms with Gasteiger partial charge in [-0.3, -0.25) is 43.8 Å². The lowest BCUT2D eigenvalue weighted by Gasteiger charge is -2.52. The average Bonchev–Trinajstić information content (AvgIpc) is 3.49. The molecule has 4 aliphatic rings. The van der Waals surface area contributed by atoms with E-state index in [1.807, 2.05) is 0 Å². The fraction of sp³-hybridized carbons (Fsp3) is 0.429. The van der Waals surface area contributed by atoms with Crippen molar-refractivity contribution < 1.29 is 81.1 Å². The average molecular weight is 878 g/mol. The highest BCUT2D eigenvalue weighted by Crippen LogP contribution is 2.41. The van der Waals surface area contributed by atoms with Gasteiger partial charge in [0, 0.05) is 45.4 Å². The van der Waals surface area contributed by atoms with Crippen LogP contribution in [0.15, 0.2) is 72.8 Å². The van der Waals surface area contributed by atoms with Crippen LogP contribution in [0.5, 0.6) is 11.5 Å². The maximum absolute atomic E-state index is 14.3. The third kappa shape index (κ3) is 9.61. The highest BCUT2D eigenvalue weighted by molar-refractivity contribution is 6.21. The fourth-order valence-corrected chi connectivity index (χ4v) is 7.84. The van der Waals surface area contributed by atoms with E-state index >= 15 is 0 Å². The SMILES string of the molecule is COc1ccc(C2OCC3OC(Oc4ccc([N+](=O)[O-])cc4)C(NC(C)=O)C(OC4OC(COC(C)=O)C(OC(C)=O)C(OC(C)=O)C4N4C(=O)c5ccccc5C4=O)C3O2)cc1. The molecule has 3 aromatic rings. The molecule has 21 nitrogen and oxygen atoms in total. The Kier molecular flexibility index (Phi) is 13.3. The largest absolute Gasteiger partial charge is 0.497 e. The normalized spacial score (nSPS) is 28.8. The number of carbonyl (C=O) groups is 6. The molecule has 334 valence electrons. The number of methoxy groups -OCH3 is 1. The van der Waals surface area contributed by atoms with Crippen LogP contribution >= 0.6 is 0 Å². The van der Waals surface area contributed by atoms with Crippen LogP contribution in [-0.2, 0) is 57.1 Å². The number of esters is 3. The van der Waals surface area contributed by atoms with Gasteiger partial charge in [-0.15, -0.1) is 0 Å². The number of imide groups is 1. The molecule has 3 amide bonds. The second kappa shape index (κ2) is 18.8. The zero-order valence-corrected chi connectivity index (χ0v) is 34.4. The monoisotopic (exact) mass is 877 g/mol. The van der Waals surface area contributed by atoms with E-state index < -0.39 is 115 Å². The van der Waals surface area contributed by atoms with Gasteiger partial charge in [-0.2, -0.15) is 0 Å². The molecular formula is C42H43N3O18. The van der Waals surface area contributed by atoms with E-state index in [0.29, 0.717) is 11.3 Å². The second-order valence-electron chi connectivity index (χ2n) is 14.8. The molecule has 11 atom stereocenters. The first-order valence-corrected chi connectivity index (χ1v) is 19.6. The maximum Gasteiger partial charge on any atom is 0.303 e. The third-order valence-corrected chi connectivity index (χ3v) is 10.5. The molecule has 0 saturated carbocycles. The first-order chi connectivity index (χ1) is 30.1. The number of ether oxygens (including phenoxy) is 10. The van der Waals surface area contributed by atoms with Gasteiger partial charge in [-0.1, -0.05) is 24.3 Å². The lowest BCUT2D eigenvalue weighted by atomic mass is 9.92. The molecule has 1 N–H and O–H groups in total. The van der Waals surface area contributed by atoms with Gasteiger partial charge in [0.05, 0.1) is 29.8 Å². The van der Waals surface area contributed by atoms with Crippen LogP contribution in [0.4, 0.5) is 5.69 Å². The van der Waals surface area contributed by atoms with Gasteiger partial charge >= 0.3 is 17.9 Å². The number of hydrogen-bond acceptors (Lipinski definition) is 18. The van der Waals surface area contributed by atoms with E-state index in [1.165, 1.54) is 50.4 Å². The van der Waals surface area contributed by atoms with E-state index in [9.17, 15) is 38.9 Å². The number of hydrogen-bond donors (Lipinski definition) is 1. The first kappa shape index (κ1) is 44.5. The minimum Gasteiger partial charge on any atom is -0.497 e. The number of amides is 3. The number of nitrogens with one attached hydrogen (secondary N) is 1. The number of fused-ring (bicyclic) bond motifs is 2. The van der Waals surface area contributed by atoms with Crippen LogP contribution in [0.1, 0.15) is 60.3 Å². The Hall–Kier alpha value is -6.52. The molecule has 0 spiro atoms. The maximum atomic E-state index is 14.3. The number of rotatable bonds is 13.